The SMILES string of the molecule is Cl.O=C(N1CCCC1)C1(F)CCCNC1. The van der Waals surface area contributed by atoms with E-state index in [0.717, 1.165) is 38.9 Å². The zero-order chi connectivity index (χ0) is 10.0. The van der Waals surface area contributed by atoms with E-state index in [2.05, 4.69) is 5.32 Å². The fourth-order valence-corrected chi connectivity index (χ4v) is 2.25. The maximum atomic E-state index is 14.2. The number of piperidine rings is 1. The lowest BCUT2D eigenvalue weighted by Gasteiger charge is -2.32. The third-order valence-corrected chi connectivity index (χ3v) is 3.11. The Kier molecular flexibility index (Phi) is 4.34. The maximum Gasteiger partial charge on any atom is 0.261 e. The fraction of sp³-hybridized carbons (Fsp3) is 0.900. The predicted molar refractivity (Wildman–Crippen MR) is 59.0 cm³/mol. The number of likely N-dealkylation sites (tertiary alicyclic amines) is 1. The van der Waals surface area contributed by atoms with E-state index in [1.165, 1.54) is 0 Å². The number of rotatable bonds is 1. The number of nitrogens with one attached hydrogen (secondary N) is 1. The highest BCUT2D eigenvalue weighted by molar-refractivity contribution is 5.86. The first-order valence-corrected chi connectivity index (χ1v) is 5.41. The van der Waals surface area contributed by atoms with Crippen molar-refractivity contribution in [3.63, 3.8) is 0 Å². The van der Waals surface area contributed by atoms with Crippen LogP contribution in [0.15, 0.2) is 0 Å². The lowest BCUT2D eigenvalue weighted by atomic mass is 9.94. The number of nitrogens with zero attached hydrogens (tertiary/aromatic N) is 1. The minimum atomic E-state index is -1.62. The Morgan fingerprint density at radius 3 is 2.47 bits per heavy atom. The van der Waals surface area contributed by atoms with Crippen molar-refractivity contribution in [1.29, 1.82) is 0 Å². The Labute approximate surface area is 95.8 Å². The molecule has 0 aliphatic carbocycles. The van der Waals surface area contributed by atoms with Crippen LogP contribution in [-0.2, 0) is 4.79 Å². The molecule has 3 nitrogen and oxygen atoms in total. The van der Waals surface area contributed by atoms with Crippen molar-refractivity contribution in [3.8, 4) is 0 Å². The molecule has 1 N–H and O–H groups in total. The second-order valence-electron chi connectivity index (χ2n) is 4.24. The molecule has 15 heavy (non-hydrogen) atoms. The van der Waals surface area contributed by atoms with Crippen LogP contribution in [-0.4, -0.2) is 42.7 Å². The number of carbonyl (C=O) groups excluding carboxylic acids is 1. The molecule has 2 saturated heterocycles. The van der Waals surface area contributed by atoms with Gasteiger partial charge in [0.05, 0.1) is 0 Å². The Balaban J connectivity index is 0.00000112. The highest BCUT2D eigenvalue weighted by atomic mass is 35.5. The average Bonchev–Trinajstić information content (AvgIpc) is 2.70. The first-order valence-electron chi connectivity index (χ1n) is 5.41. The summed E-state index contributed by atoms with van der Waals surface area (Å²) in [5.74, 6) is -0.290. The van der Waals surface area contributed by atoms with Crippen LogP contribution in [0.1, 0.15) is 25.7 Å². The standard InChI is InChI=1S/C10H17FN2O.ClH/c11-10(4-3-5-12-8-10)9(14)13-6-1-2-7-13;/h12H,1-8H2;1H. The molecule has 2 aliphatic heterocycles. The van der Waals surface area contributed by atoms with Gasteiger partial charge in [0.25, 0.3) is 5.91 Å². The Morgan fingerprint density at radius 2 is 1.93 bits per heavy atom. The van der Waals surface area contributed by atoms with Crippen molar-refractivity contribution in [2.75, 3.05) is 26.2 Å². The van der Waals surface area contributed by atoms with Gasteiger partial charge in [-0.05, 0) is 32.2 Å². The van der Waals surface area contributed by atoms with Crippen LogP contribution in [0.5, 0.6) is 0 Å². The molecule has 2 rings (SSSR count). The van der Waals surface area contributed by atoms with Crippen LogP contribution >= 0.6 is 12.4 Å². The van der Waals surface area contributed by atoms with Crippen LogP contribution in [0.2, 0.25) is 0 Å². The van der Waals surface area contributed by atoms with Crippen molar-refractivity contribution in [2.45, 2.75) is 31.4 Å². The molecule has 0 saturated carbocycles. The van der Waals surface area contributed by atoms with Crippen LogP contribution in [0, 0.1) is 0 Å². The highest BCUT2D eigenvalue weighted by Gasteiger charge is 2.42. The van der Waals surface area contributed by atoms with Crippen LogP contribution in [0.3, 0.4) is 0 Å². The summed E-state index contributed by atoms with van der Waals surface area (Å²) in [5.41, 5.74) is -1.62. The van der Waals surface area contributed by atoms with Gasteiger partial charge < -0.3 is 10.2 Å². The predicted octanol–water partition coefficient (Wildman–Crippen LogP) is 1.12. The normalized spacial score (nSPS) is 31.1. The number of hydrogen-bond acceptors (Lipinski definition) is 2. The van der Waals surface area contributed by atoms with Gasteiger partial charge in [-0.1, -0.05) is 0 Å². The van der Waals surface area contributed by atoms with Gasteiger partial charge in [-0.2, -0.15) is 0 Å². The fourth-order valence-electron chi connectivity index (χ4n) is 2.25. The van der Waals surface area contributed by atoms with Crippen molar-refractivity contribution in [3.05, 3.63) is 0 Å². The zero-order valence-corrected chi connectivity index (χ0v) is 9.62. The summed E-state index contributed by atoms with van der Waals surface area (Å²) in [5, 5.41) is 2.96. The molecule has 1 unspecified atom stereocenters. The molecule has 2 fully saturated rings. The first kappa shape index (κ1) is 12.7. The number of carbonyl (C=O) groups is 1. The van der Waals surface area contributed by atoms with E-state index in [-0.39, 0.29) is 24.9 Å². The van der Waals surface area contributed by atoms with Gasteiger partial charge in [-0.3, -0.25) is 4.79 Å². The summed E-state index contributed by atoms with van der Waals surface area (Å²) in [7, 11) is 0. The summed E-state index contributed by atoms with van der Waals surface area (Å²) < 4.78 is 14.2. The van der Waals surface area contributed by atoms with Crippen LogP contribution < -0.4 is 5.32 Å². The molecule has 0 aromatic rings. The molecule has 0 bridgehead atoms. The van der Waals surface area contributed by atoms with Gasteiger partial charge in [0.1, 0.15) is 0 Å². The minimum absolute atomic E-state index is 0. The summed E-state index contributed by atoms with van der Waals surface area (Å²) in [6.45, 7) is 2.51. The number of amides is 1. The van der Waals surface area contributed by atoms with Gasteiger partial charge in [0, 0.05) is 19.6 Å². The lowest BCUT2D eigenvalue weighted by Crippen LogP contribution is -2.53. The van der Waals surface area contributed by atoms with E-state index in [9.17, 15) is 9.18 Å². The summed E-state index contributed by atoms with van der Waals surface area (Å²) in [4.78, 5) is 13.5. The second kappa shape index (κ2) is 5.12. The van der Waals surface area contributed by atoms with E-state index >= 15 is 0 Å². The molecule has 0 radical (unpaired) electrons. The maximum absolute atomic E-state index is 14.2. The monoisotopic (exact) mass is 236 g/mol. The topological polar surface area (TPSA) is 32.3 Å². The van der Waals surface area contributed by atoms with E-state index in [1.807, 2.05) is 0 Å². The largest absolute Gasteiger partial charge is 0.340 e. The molecule has 2 heterocycles. The third kappa shape index (κ3) is 2.61. The smallest absolute Gasteiger partial charge is 0.261 e. The molecule has 2 aliphatic rings. The lowest BCUT2D eigenvalue weighted by molar-refractivity contribution is -0.144. The van der Waals surface area contributed by atoms with Crippen molar-refractivity contribution < 1.29 is 9.18 Å². The van der Waals surface area contributed by atoms with Crippen molar-refractivity contribution in [1.82, 2.24) is 10.2 Å². The van der Waals surface area contributed by atoms with Gasteiger partial charge in [-0.25, -0.2) is 4.39 Å². The molecule has 0 aromatic carbocycles. The Hall–Kier alpha value is -0.350. The van der Waals surface area contributed by atoms with E-state index in [1.54, 1.807) is 4.90 Å². The van der Waals surface area contributed by atoms with Gasteiger partial charge >= 0.3 is 0 Å². The van der Waals surface area contributed by atoms with Crippen LogP contribution in [0.25, 0.3) is 0 Å². The highest BCUT2D eigenvalue weighted by Crippen LogP contribution is 2.25. The summed E-state index contributed by atoms with van der Waals surface area (Å²) in [6, 6.07) is 0. The zero-order valence-electron chi connectivity index (χ0n) is 8.80. The molecular weight excluding hydrogens is 219 g/mol. The molecular formula is C10H18ClFN2O. The summed E-state index contributed by atoms with van der Waals surface area (Å²) in [6.07, 6.45) is 3.19. The summed E-state index contributed by atoms with van der Waals surface area (Å²) >= 11 is 0. The Bertz CT molecular complexity index is 225. The number of alkyl halides is 1. The first-order chi connectivity index (χ1) is 6.72. The Morgan fingerprint density at radius 1 is 1.27 bits per heavy atom. The van der Waals surface area contributed by atoms with Gasteiger partial charge in [0.2, 0.25) is 5.67 Å². The quantitative estimate of drug-likeness (QED) is 0.740. The molecule has 5 heteroatoms. The van der Waals surface area contributed by atoms with Gasteiger partial charge in [-0.15, -0.1) is 12.4 Å². The number of hydrogen-bond donors (Lipinski definition) is 1. The molecule has 0 spiro atoms. The minimum Gasteiger partial charge on any atom is -0.340 e. The second-order valence-corrected chi connectivity index (χ2v) is 4.24. The third-order valence-electron chi connectivity index (χ3n) is 3.11. The van der Waals surface area contributed by atoms with Crippen LogP contribution in [0.4, 0.5) is 4.39 Å². The van der Waals surface area contributed by atoms with E-state index < -0.39 is 5.67 Å². The molecule has 1 atom stereocenters. The molecule has 1 amide bonds. The molecule has 88 valence electrons. The average molecular weight is 237 g/mol. The molecule has 0 aromatic heterocycles. The number of halogens is 2. The van der Waals surface area contributed by atoms with E-state index in [4.69, 9.17) is 0 Å². The van der Waals surface area contributed by atoms with E-state index in [0.29, 0.717) is 6.42 Å². The van der Waals surface area contributed by atoms with Crippen molar-refractivity contribution in [2.24, 2.45) is 0 Å². The van der Waals surface area contributed by atoms with Crippen molar-refractivity contribution >= 4 is 18.3 Å². The van der Waals surface area contributed by atoms with Gasteiger partial charge in [0.15, 0.2) is 0 Å².